The van der Waals surface area contributed by atoms with E-state index < -0.39 is 24.1 Å². The minimum absolute atomic E-state index is 0.0372. The second-order valence-corrected chi connectivity index (χ2v) is 7.47. The van der Waals surface area contributed by atoms with Crippen LogP contribution in [0.25, 0.3) is 0 Å². The Balaban J connectivity index is 1.88. The van der Waals surface area contributed by atoms with Crippen LogP contribution >= 0.6 is 0 Å². The van der Waals surface area contributed by atoms with Crippen LogP contribution in [0.1, 0.15) is 44.7 Å². The van der Waals surface area contributed by atoms with Gasteiger partial charge in [-0.1, -0.05) is 0 Å². The maximum Gasteiger partial charge on any atom is 0.495 e. The number of nitrogens with two attached hydrogens (primary N) is 1. The number of nitriles is 1. The van der Waals surface area contributed by atoms with Crippen molar-refractivity contribution in [3.8, 4) is 6.07 Å². The molecule has 2 N–H and O–H groups in total. The van der Waals surface area contributed by atoms with E-state index in [4.69, 9.17) is 20.3 Å². The van der Waals surface area contributed by atoms with Crippen molar-refractivity contribution >= 4 is 12.6 Å². The molecule has 23 heavy (non-hydrogen) atoms. The zero-order chi connectivity index (χ0) is 17.0. The van der Waals surface area contributed by atoms with Crippen molar-refractivity contribution in [1.29, 1.82) is 5.26 Å². The first-order chi connectivity index (χ1) is 10.7. The average molecular weight is 316 g/mol. The van der Waals surface area contributed by atoms with E-state index in [0.29, 0.717) is 11.4 Å². The Hall–Kier alpha value is -1.42. The van der Waals surface area contributed by atoms with E-state index in [1.807, 2.05) is 33.8 Å². The van der Waals surface area contributed by atoms with Crippen molar-refractivity contribution in [3.05, 3.63) is 29.1 Å². The fourth-order valence-electron chi connectivity index (χ4n) is 3.26. The summed E-state index contributed by atoms with van der Waals surface area (Å²) in [6, 6.07) is 4.99. The highest BCUT2D eigenvalue weighted by atomic mass is 19.1. The van der Waals surface area contributed by atoms with Crippen LogP contribution in [0.3, 0.4) is 0 Å². The third-order valence-electron chi connectivity index (χ3n) is 5.40. The lowest BCUT2D eigenvalue weighted by Gasteiger charge is -2.36. The van der Waals surface area contributed by atoms with Gasteiger partial charge in [-0.05, 0) is 69.6 Å². The van der Waals surface area contributed by atoms with Crippen LogP contribution in [-0.4, -0.2) is 24.4 Å². The van der Waals surface area contributed by atoms with Gasteiger partial charge in [0.2, 0.25) is 0 Å². The molecule has 0 aromatic heterocycles. The van der Waals surface area contributed by atoms with E-state index in [2.05, 4.69) is 0 Å². The molecule has 3 atom stereocenters. The molecule has 0 spiro atoms. The molecule has 2 aliphatic rings. The van der Waals surface area contributed by atoms with Crippen molar-refractivity contribution in [2.24, 2.45) is 11.7 Å². The first-order valence-electron chi connectivity index (χ1n) is 7.98. The average Bonchev–Trinajstić information content (AvgIpc) is 3.07. The first-order valence-corrected chi connectivity index (χ1v) is 7.98. The molecule has 1 heterocycles. The summed E-state index contributed by atoms with van der Waals surface area (Å²) in [5, 5.41) is 8.93. The second kappa shape index (κ2) is 5.30. The summed E-state index contributed by atoms with van der Waals surface area (Å²) in [6.07, 6.45) is 1.85. The highest BCUT2D eigenvalue weighted by molar-refractivity contribution is 6.62. The van der Waals surface area contributed by atoms with Crippen LogP contribution in [0.5, 0.6) is 0 Å². The fourth-order valence-corrected chi connectivity index (χ4v) is 3.26. The fraction of sp³-hybridized carbons (Fsp3) is 0.588. The van der Waals surface area contributed by atoms with E-state index in [0.717, 1.165) is 18.4 Å². The number of halogens is 1. The van der Waals surface area contributed by atoms with Crippen LogP contribution in [-0.2, 0) is 9.31 Å². The third kappa shape index (κ3) is 2.78. The van der Waals surface area contributed by atoms with E-state index >= 15 is 0 Å². The normalized spacial score (nSPS) is 32.0. The first kappa shape index (κ1) is 16.4. The van der Waals surface area contributed by atoms with Crippen molar-refractivity contribution < 1.29 is 13.7 Å². The highest BCUT2D eigenvalue weighted by Gasteiger charge is 2.57. The maximum absolute atomic E-state index is 14.0. The van der Waals surface area contributed by atoms with Crippen molar-refractivity contribution in [3.63, 3.8) is 0 Å². The van der Waals surface area contributed by atoms with Gasteiger partial charge in [-0.2, -0.15) is 5.26 Å². The Kier molecular flexibility index (Phi) is 3.79. The molecule has 2 fully saturated rings. The highest BCUT2D eigenvalue weighted by Crippen LogP contribution is 2.46. The molecule has 1 aromatic carbocycles. The van der Waals surface area contributed by atoms with E-state index in [-0.39, 0.29) is 11.6 Å². The predicted octanol–water partition coefficient (Wildman–Crippen LogP) is 2.02. The van der Waals surface area contributed by atoms with Crippen LogP contribution in [0.2, 0.25) is 0 Å². The lowest BCUT2D eigenvalue weighted by atomic mass is 9.75. The van der Waals surface area contributed by atoms with Crippen LogP contribution in [0, 0.1) is 30.0 Å². The Morgan fingerprint density at radius 1 is 1.39 bits per heavy atom. The monoisotopic (exact) mass is 316 g/mol. The molecule has 0 radical (unpaired) electrons. The molecule has 4 nitrogen and oxygen atoms in total. The molecule has 1 saturated carbocycles. The molecular formula is C17H22BFN2O2. The molecule has 1 saturated heterocycles. The van der Waals surface area contributed by atoms with Crippen LogP contribution in [0.15, 0.2) is 12.1 Å². The molecule has 6 heteroatoms. The minimum atomic E-state index is -0.632. The van der Waals surface area contributed by atoms with Crippen molar-refractivity contribution in [2.45, 2.75) is 57.8 Å². The van der Waals surface area contributed by atoms with Crippen LogP contribution in [0.4, 0.5) is 4.39 Å². The third-order valence-corrected chi connectivity index (χ3v) is 5.40. The van der Waals surface area contributed by atoms with Gasteiger partial charge in [-0.25, -0.2) is 4.39 Å². The number of hydrogen-bond acceptors (Lipinski definition) is 4. The zero-order valence-electron chi connectivity index (χ0n) is 14.0. The summed E-state index contributed by atoms with van der Waals surface area (Å²) in [6.45, 7) is 7.86. The number of benzene rings is 1. The van der Waals surface area contributed by atoms with Gasteiger partial charge in [0.1, 0.15) is 11.9 Å². The van der Waals surface area contributed by atoms with Gasteiger partial charge in [0.05, 0.1) is 16.8 Å². The second-order valence-electron chi connectivity index (χ2n) is 7.47. The summed E-state index contributed by atoms with van der Waals surface area (Å²) < 4.78 is 26.3. The van der Waals surface area contributed by atoms with Gasteiger partial charge in [0, 0.05) is 6.04 Å². The van der Waals surface area contributed by atoms with Gasteiger partial charge in [-0.15, -0.1) is 0 Å². The molecule has 122 valence electrons. The van der Waals surface area contributed by atoms with E-state index in [1.54, 1.807) is 0 Å². The van der Waals surface area contributed by atoms with E-state index in [9.17, 15) is 4.39 Å². The summed E-state index contributed by atoms with van der Waals surface area (Å²) >= 11 is 0. The van der Waals surface area contributed by atoms with Gasteiger partial charge in [0.25, 0.3) is 0 Å². The largest absolute Gasteiger partial charge is 0.495 e. The molecule has 0 amide bonds. The molecule has 1 aromatic rings. The quantitative estimate of drug-likeness (QED) is 0.866. The summed E-state index contributed by atoms with van der Waals surface area (Å²) in [7, 11) is -0.632. The molecular weight excluding hydrogens is 294 g/mol. The van der Waals surface area contributed by atoms with E-state index in [1.165, 1.54) is 12.1 Å². The van der Waals surface area contributed by atoms with Crippen molar-refractivity contribution in [2.75, 3.05) is 0 Å². The van der Waals surface area contributed by atoms with Gasteiger partial charge < -0.3 is 15.0 Å². The molecule has 1 aliphatic heterocycles. The lowest BCUT2D eigenvalue weighted by Crippen LogP contribution is -2.45. The lowest BCUT2D eigenvalue weighted by molar-refractivity contribution is -0.0198. The predicted molar refractivity (Wildman–Crippen MR) is 86.6 cm³/mol. The van der Waals surface area contributed by atoms with Crippen molar-refractivity contribution in [1.82, 2.24) is 0 Å². The van der Waals surface area contributed by atoms with Gasteiger partial charge in [-0.3, -0.25) is 0 Å². The SMILES string of the molecule is Cc1cc(C#N)c(F)cc1B1OC(C)(C)C(C)(CC2CC2N)O1. The minimum Gasteiger partial charge on any atom is -0.399 e. The standard InChI is InChI=1S/C17H22BFN2O2/c1-10-5-12(9-20)14(19)7-13(10)18-22-16(2,3)17(4,23-18)8-11-6-15(11)21/h5,7,11,15H,6,8,21H2,1-4H3. The Morgan fingerprint density at radius 3 is 2.61 bits per heavy atom. The number of rotatable bonds is 3. The molecule has 3 rings (SSSR count). The molecule has 1 aliphatic carbocycles. The number of aryl methyl sites for hydroxylation is 1. The molecule has 3 unspecified atom stereocenters. The zero-order valence-corrected chi connectivity index (χ0v) is 14.0. The van der Waals surface area contributed by atoms with Gasteiger partial charge >= 0.3 is 7.12 Å². The smallest absolute Gasteiger partial charge is 0.399 e. The summed E-state index contributed by atoms with van der Waals surface area (Å²) in [5.74, 6) is -0.0867. The topological polar surface area (TPSA) is 68.3 Å². The van der Waals surface area contributed by atoms with Gasteiger partial charge in [0.15, 0.2) is 0 Å². The Morgan fingerprint density at radius 2 is 2.04 bits per heavy atom. The number of hydrogen-bond donors (Lipinski definition) is 1. The Labute approximate surface area is 136 Å². The molecule has 0 bridgehead atoms. The summed E-state index contributed by atoms with van der Waals surface area (Å²) in [5.41, 5.74) is 6.42. The summed E-state index contributed by atoms with van der Waals surface area (Å²) in [4.78, 5) is 0. The Bertz CT molecular complexity index is 688. The maximum atomic E-state index is 14.0. The number of nitrogens with zero attached hydrogens (tertiary/aromatic N) is 1. The van der Waals surface area contributed by atoms with Crippen LogP contribution < -0.4 is 11.2 Å².